The molecule has 3 rings (SSSR count). The lowest BCUT2D eigenvalue weighted by Crippen LogP contribution is -2.65. The Bertz CT molecular complexity index is 1610. The van der Waals surface area contributed by atoms with Gasteiger partial charge in [-0.2, -0.15) is 0 Å². The summed E-state index contributed by atoms with van der Waals surface area (Å²) < 4.78 is 42.0. The molecule has 0 bridgehead atoms. The van der Waals surface area contributed by atoms with Crippen molar-refractivity contribution in [1.82, 2.24) is 16.0 Å². The molecule has 284 valence electrons. The number of nitrogens with one attached hydrogen (secondary N) is 3. The molecule has 3 amide bonds. The molecule has 1 fully saturated rings. The van der Waals surface area contributed by atoms with Gasteiger partial charge >= 0.3 is 30.5 Å². The fraction of sp³-hybridized carbons (Fsp3) is 0.516. The van der Waals surface area contributed by atoms with Crippen LogP contribution < -0.4 is 20.7 Å². The predicted molar refractivity (Wildman–Crippen MR) is 173 cm³/mol. The maximum Gasteiger partial charge on any atom is 0.514 e. The molecule has 0 saturated carbocycles. The third-order valence-corrected chi connectivity index (χ3v) is 6.39. The van der Waals surface area contributed by atoms with E-state index < -0.39 is 101 Å². The van der Waals surface area contributed by atoms with Gasteiger partial charge in [0.25, 0.3) is 5.69 Å². The molecule has 0 aromatic heterocycles. The zero-order valence-corrected chi connectivity index (χ0v) is 29.4. The number of ether oxygens (including phenoxy) is 8. The number of benzene rings is 1. The molecular formula is C31H39N5O16. The van der Waals surface area contributed by atoms with E-state index in [0.29, 0.717) is 0 Å². The molecule has 21 heteroatoms. The number of cyclic esters (lactones) is 2. The Hall–Kier alpha value is -6.15. The van der Waals surface area contributed by atoms with Gasteiger partial charge in [-0.3, -0.25) is 20.2 Å². The number of carbonyl (C=O) groups is 6. The number of alkyl carbamates (subject to hydrolysis) is 1. The number of nitrogens with zero attached hydrogens (tertiary/aromatic N) is 2. The van der Waals surface area contributed by atoms with E-state index >= 15 is 0 Å². The second-order valence-corrected chi connectivity index (χ2v) is 13.0. The van der Waals surface area contributed by atoms with Crippen molar-refractivity contribution in [2.45, 2.75) is 90.1 Å². The number of methoxy groups -OCH3 is 1. The molecule has 5 atom stereocenters. The summed E-state index contributed by atoms with van der Waals surface area (Å²) in [4.78, 5) is 90.2. The normalized spacial score (nSPS) is 20.7. The third kappa shape index (κ3) is 12.3. The first-order valence-corrected chi connectivity index (χ1v) is 15.4. The number of nitro benzene ring substituents is 1. The minimum atomic E-state index is -1.73. The zero-order chi connectivity index (χ0) is 39.0. The summed E-state index contributed by atoms with van der Waals surface area (Å²) in [5.74, 6) is -3.02. The van der Waals surface area contributed by atoms with Gasteiger partial charge in [0.1, 0.15) is 23.6 Å². The quantitative estimate of drug-likeness (QED) is 0.0658. The van der Waals surface area contributed by atoms with E-state index in [9.17, 15) is 38.9 Å². The van der Waals surface area contributed by atoms with Gasteiger partial charge in [-0.1, -0.05) is 0 Å². The Kier molecular flexibility index (Phi) is 12.9. The van der Waals surface area contributed by atoms with E-state index in [1.54, 1.807) is 41.5 Å². The van der Waals surface area contributed by atoms with Crippen LogP contribution in [-0.4, -0.2) is 103 Å². The first-order valence-electron chi connectivity index (χ1n) is 15.4. The SMILES string of the molecule is COC(=O)C1=CC(N/C(=N\C(=O)OC(C)(C)C)NC(=O)OC(C)(C)C)[C@@H](NC(C)=O)[C@H](C(OC(=O)Oc2ccc([N+](=O)[O-])cc2)[C@H]2COC(=O)O2)O1. The zero-order valence-electron chi connectivity index (χ0n) is 29.4. The number of hydrogen-bond donors (Lipinski definition) is 3. The molecule has 1 aromatic carbocycles. The van der Waals surface area contributed by atoms with Gasteiger partial charge in [0.15, 0.2) is 18.3 Å². The fourth-order valence-electron chi connectivity index (χ4n) is 4.51. The number of non-ortho nitro benzene ring substituents is 1. The van der Waals surface area contributed by atoms with Crippen molar-refractivity contribution in [2.24, 2.45) is 4.99 Å². The van der Waals surface area contributed by atoms with Crippen molar-refractivity contribution in [3.63, 3.8) is 0 Å². The van der Waals surface area contributed by atoms with E-state index in [1.807, 2.05) is 0 Å². The Morgan fingerprint density at radius 3 is 2.13 bits per heavy atom. The first kappa shape index (κ1) is 40.3. The molecule has 0 radical (unpaired) electrons. The van der Waals surface area contributed by atoms with Gasteiger partial charge in [0.2, 0.25) is 17.6 Å². The van der Waals surface area contributed by atoms with Crippen LogP contribution in [0.5, 0.6) is 5.75 Å². The van der Waals surface area contributed by atoms with Gasteiger partial charge in [-0.25, -0.2) is 24.0 Å². The van der Waals surface area contributed by atoms with E-state index in [-0.39, 0.29) is 11.4 Å². The summed E-state index contributed by atoms with van der Waals surface area (Å²) in [7, 11) is 1.03. The minimum absolute atomic E-state index is 0.178. The number of carbonyl (C=O) groups excluding carboxylic acids is 6. The summed E-state index contributed by atoms with van der Waals surface area (Å²) in [5, 5.41) is 18.6. The lowest BCUT2D eigenvalue weighted by atomic mass is 9.91. The number of esters is 1. The largest absolute Gasteiger partial charge is 0.514 e. The topological polar surface area (TPSA) is 268 Å². The lowest BCUT2D eigenvalue weighted by Gasteiger charge is -2.41. The number of nitro groups is 1. The van der Waals surface area contributed by atoms with E-state index in [4.69, 9.17) is 37.9 Å². The van der Waals surface area contributed by atoms with Crippen LogP contribution in [-0.2, 0) is 42.7 Å². The number of hydrogen-bond acceptors (Lipinski definition) is 16. The molecule has 2 aliphatic rings. The van der Waals surface area contributed by atoms with Crippen LogP contribution in [0.1, 0.15) is 48.5 Å². The van der Waals surface area contributed by atoms with E-state index in [2.05, 4.69) is 20.9 Å². The Morgan fingerprint density at radius 1 is 0.981 bits per heavy atom. The molecule has 1 saturated heterocycles. The Labute approximate surface area is 296 Å². The summed E-state index contributed by atoms with van der Waals surface area (Å²) in [6.45, 7) is 10.1. The highest BCUT2D eigenvalue weighted by molar-refractivity contribution is 5.99. The molecule has 21 nitrogen and oxygen atoms in total. The number of aliphatic imine (C=N–C) groups is 1. The van der Waals surface area contributed by atoms with Gasteiger partial charge in [-0.15, -0.1) is 4.99 Å². The number of guanidine groups is 1. The minimum Gasteiger partial charge on any atom is -0.477 e. The molecule has 2 heterocycles. The van der Waals surface area contributed by atoms with Crippen LogP contribution in [0, 0.1) is 10.1 Å². The van der Waals surface area contributed by atoms with Crippen molar-refractivity contribution in [3.05, 3.63) is 46.2 Å². The van der Waals surface area contributed by atoms with Gasteiger partial charge < -0.3 is 48.5 Å². The van der Waals surface area contributed by atoms with Crippen LogP contribution in [0.2, 0.25) is 0 Å². The molecule has 2 unspecified atom stereocenters. The van der Waals surface area contributed by atoms with Crippen molar-refractivity contribution in [3.8, 4) is 5.75 Å². The van der Waals surface area contributed by atoms with Crippen molar-refractivity contribution >= 4 is 48.0 Å². The maximum atomic E-state index is 13.1. The van der Waals surface area contributed by atoms with Crippen molar-refractivity contribution in [2.75, 3.05) is 13.7 Å². The van der Waals surface area contributed by atoms with Crippen molar-refractivity contribution < 1.29 is 71.6 Å². The predicted octanol–water partition coefficient (Wildman–Crippen LogP) is 2.75. The van der Waals surface area contributed by atoms with E-state index in [0.717, 1.165) is 44.4 Å². The Balaban J connectivity index is 2.08. The number of rotatable bonds is 8. The van der Waals surface area contributed by atoms with Crippen molar-refractivity contribution in [1.29, 1.82) is 0 Å². The standard InChI is InChI=1S/C31H39N5O16/c1-15(37)32-21-18(33-25(34-26(39)51-30(2,3)4)35-27(40)52-31(5,6)7)13-19(24(38)45-8)48-23(21)22(20-14-46-28(41)49-20)50-29(42)47-17-11-9-16(10-12-17)36(43)44/h9-13,18,20-23H,14H2,1-8H3,(H,32,37)(H2,33,34,35,39,40)/t18?,20-,21-,22?,23-/m1/s1. The average molecular weight is 738 g/mol. The first-order chi connectivity index (χ1) is 24.1. The van der Waals surface area contributed by atoms with Crippen LogP contribution in [0.15, 0.2) is 41.1 Å². The smallest absolute Gasteiger partial charge is 0.477 e. The van der Waals surface area contributed by atoms with Gasteiger partial charge in [0.05, 0.1) is 24.1 Å². The molecule has 52 heavy (non-hydrogen) atoms. The van der Waals surface area contributed by atoms with Crippen LogP contribution in [0.3, 0.4) is 0 Å². The molecule has 2 aliphatic heterocycles. The summed E-state index contributed by atoms with van der Waals surface area (Å²) >= 11 is 0. The average Bonchev–Trinajstić information content (AvgIpc) is 3.44. The van der Waals surface area contributed by atoms with Gasteiger partial charge in [-0.05, 0) is 59.8 Å². The fourth-order valence-corrected chi connectivity index (χ4v) is 4.51. The Morgan fingerprint density at radius 2 is 1.62 bits per heavy atom. The van der Waals surface area contributed by atoms with Crippen LogP contribution in [0.4, 0.5) is 24.9 Å². The monoisotopic (exact) mass is 737 g/mol. The molecule has 0 aliphatic carbocycles. The summed E-state index contributed by atoms with van der Waals surface area (Å²) in [6, 6.07) is 1.61. The highest BCUT2D eigenvalue weighted by Crippen LogP contribution is 2.29. The molecule has 3 N–H and O–H groups in total. The second kappa shape index (κ2) is 16.7. The lowest BCUT2D eigenvalue weighted by molar-refractivity contribution is -0.384. The molecule has 1 aromatic rings. The number of amides is 3. The van der Waals surface area contributed by atoms with Gasteiger partial charge in [0, 0.05) is 19.1 Å². The van der Waals surface area contributed by atoms with Crippen LogP contribution in [0.25, 0.3) is 0 Å². The summed E-state index contributed by atoms with van der Waals surface area (Å²) in [5.41, 5.74) is -2.29. The highest BCUT2D eigenvalue weighted by Gasteiger charge is 2.50. The van der Waals surface area contributed by atoms with E-state index in [1.165, 1.54) is 0 Å². The second-order valence-electron chi connectivity index (χ2n) is 13.0. The third-order valence-electron chi connectivity index (χ3n) is 6.39. The maximum absolute atomic E-state index is 13.1. The highest BCUT2D eigenvalue weighted by atomic mass is 16.8. The molecule has 0 spiro atoms. The molecular weight excluding hydrogens is 698 g/mol. The summed E-state index contributed by atoms with van der Waals surface area (Å²) in [6.07, 6.45) is -8.48. The van der Waals surface area contributed by atoms with Crippen LogP contribution >= 0.6 is 0 Å².